The van der Waals surface area contributed by atoms with Crippen LogP contribution in [-0.4, -0.2) is 33.1 Å². The van der Waals surface area contributed by atoms with Gasteiger partial charge in [0.1, 0.15) is 0 Å². The van der Waals surface area contributed by atoms with E-state index in [2.05, 4.69) is 14.7 Å². The predicted octanol–water partition coefficient (Wildman–Crippen LogP) is 4.50. The van der Waals surface area contributed by atoms with Crippen molar-refractivity contribution in [3.8, 4) is 0 Å². The van der Waals surface area contributed by atoms with Crippen molar-refractivity contribution in [2.24, 2.45) is 0 Å². The lowest BCUT2D eigenvalue weighted by Gasteiger charge is -2.17. The molecular weight excluding hydrogens is 408 g/mol. The lowest BCUT2D eigenvalue weighted by atomic mass is 10.2. The standard InChI is InChI=1S/C20H20N4O3S2/c1-11-8-16(22-18(25)15-6-5-7-27-15)29-17(11)19(26)23(4)10-14-13(3)21-20-24(14)9-12(2)28-20/h5-9H,10H2,1-4H3,(H,22,25). The Hall–Kier alpha value is -2.91. The molecule has 0 unspecified atom stereocenters. The molecule has 4 heterocycles. The zero-order valence-corrected chi connectivity index (χ0v) is 18.1. The van der Waals surface area contributed by atoms with Gasteiger partial charge in [-0.1, -0.05) is 0 Å². The van der Waals surface area contributed by atoms with Crippen molar-refractivity contribution >= 4 is 44.4 Å². The van der Waals surface area contributed by atoms with Crippen molar-refractivity contribution < 1.29 is 14.0 Å². The van der Waals surface area contributed by atoms with Crippen LogP contribution in [0, 0.1) is 20.8 Å². The highest BCUT2D eigenvalue weighted by Gasteiger charge is 2.21. The van der Waals surface area contributed by atoms with Crippen LogP contribution in [0.1, 0.15) is 42.1 Å². The van der Waals surface area contributed by atoms with Crippen LogP contribution < -0.4 is 5.32 Å². The fourth-order valence-electron chi connectivity index (χ4n) is 3.11. The summed E-state index contributed by atoms with van der Waals surface area (Å²) in [6.07, 6.45) is 3.50. The SMILES string of the molecule is Cc1cn2c(CN(C)C(=O)c3sc(NC(=O)c4ccco4)cc3C)c(C)nc2s1. The first-order valence-electron chi connectivity index (χ1n) is 8.98. The summed E-state index contributed by atoms with van der Waals surface area (Å²) in [6, 6.07) is 5.05. The van der Waals surface area contributed by atoms with Gasteiger partial charge in [0.05, 0.1) is 34.1 Å². The van der Waals surface area contributed by atoms with Gasteiger partial charge in [-0.05, 0) is 44.5 Å². The van der Waals surface area contributed by atoms with E-state index in [0.717, 1.165) is 21.9 Å². The lowest BCUT2D eigenvalue weighted by molar-refractivity contribution is 0.0787. The molecule has 9 heteroatoms. The number of carbonyl (C=O) groups excluding carboxylic acids is 2. The molecule has 0 aliphatic carbocycles. The number of thiophene rings is 1. The number of carbonyl (C=O) groups is 2. The van der Waals surface area contributed by atoms with E-state index >= 15 is 0 Å². The van der Waals surface area contributed by atoms with Crippen molar-refractivity contribution in [3.63, 3.8) is 0 Å². The maximum atomic E-state index is 13.1. The Morgan fingerprint density at radius 2 is 2.07 bits per heavy atom. The Morgan fingerprint density at radius 3 is 2.79 bits per heavy atom. The Morgan fingerprint density at radius 1 is 1.28 bits per heavy atom. The number of hydrogen-bond donors (Lipinski definition) is 1. The monoisotopic (exact) mass is 428 g/mol. The molecule has 0 fully saturated rings. The maximum absolute atomic E-state index is 13.1. The number of anilines is 1. The van der Waals surface area contributed by atoms with Gasteiger partial charge >= 0.3 is 0 Å². The predicted molar refractivity (Wildman–Crippen MR) is 114 cm³/mol. The van der Waals surface area contributed by atoms with Gasteiger partial charge in [0.15, 0.2) is 10.7 Å². The third-order valence-corrected chi connectivity index (χ3v) is 6.61. The summed E-state index contributed by atoms with van der Waals surface area (Å²) in [6.45, 7) is 6.32. The smallest absolute Gasteiger partial charge is 0.291 e. The van der Waals surface area contributed by atoms with Crippen molar-refractivity contribution in [2.75, 3.05) is 12.4 Å². The van der Waals surface area contributed by atoms with Crippen LogP contribution in [0.2, 0.25) is 0 Å². The number of aryl methyl sites for hydroxylation is 3. The first-order chi connectivity index (χ1) is 13.8. The number of imidazole rings is 1. The summed E-state index contributed by atoms with van der Waals surface area (Å²) in [5, 5.41) is 3.39. The number of nitrogens with zero attached hydrogens (tertiary/aromatic N) is 3. The molecule has 1 N–H and O–H groups in total. The number of thiazole rings is 1. The van der Waals surface area contributed by atoms with Crippen molar-refractivity contribution in [1.82, 2.24) is 14.3 Å². The summed E-state index contributed by atoms with van der Waals surface area (Å²) < 4.78 is 7.16. The van der Waals surface area contributed by atoms with Crippen LogP contribution in [0.5, 0.6) is 0 Å². The second-order valence-electron chi connectivity index (χ2n) is 6.85. The summed E-state index contributed by atoms with van der Waals surface area (Å²) in [5.41, 5.74) is 2.74. The Kier molecular flexibility index (Phi) is 5.01. The fraction of sp³-hybridized carbons (Fsp3) is 0.250. The van der Waals surface area contributed by atoms with Gasteiger partial charge in [0.2, 0.25) is 0 Å². The van der Waals surface area contributed by atoms with Crippen LogP contribution in [0.4, 0.5) is 5.00 Å². The molecular formula is C20H20N4O3S2. The number of rotatable bonds is 5. The topological polar surface area (TPSA) is 79.9 Å². The van der Waals surface area contributed by atoms with E-state index in [1.165, 1.54) is 22.5 Å². The molecule has 0 aromatic carbocycles. The average molecular weight is 429 g/mol. The molecule has 0 bridgehead atoms. The van der Waals surface area contributed by atoms with Crippen LogP contribution in [0.15, 0.2) is 35.1 Å². The first-order valence-corrected chi connectivity index (χ1v) is 10.6. The molecule has 0 saturated carbocycles. The molecule has 0 saturated heterocycles. The van der Waals surface area contributed by atoms with Crippen LogP contribution in [0.3, 0.4) is 0 Å². The molecule has 29 heavy (non-hydrogen) atoms. The summed E-state index contributed by atoms with van der Waals surface area (Å²) in [5.74, 6) is -0.201. The molecule has 7 nitrogen and oxygen atoms in total. The minimum Gasteiger partial charge on any atom is -0.459 e. The van der Waals surface area contributed by atoms with E-state index in [4.69, 9.17) is 4.42 Å². The van der Waals surface area contributed by atoms with Crippen LogP contribution in [-0.2, 0) is 6.54 Å². The fourth-order valence-corrected chi connectivity index (χ4v) is 5.06. The molecule has 4 rings (SSSR count). The third kappa shape index (κ3) is 3.70. The molecule has 0 aliphatic rings. The molecule has 150 valence electrons. The quantitative estimate of drug-likeness (QED) is 0.508. The molecule has 0 atom stereocenters. The Balaban J connectivity index is 1.52. The largest absolute Gasteiger partial charge is 0.459 e. The second-order valence-corrected chi connectivity index (χ2v) is 9.12. The van der Waals surface area contributed by atoms with Gasteiger partial charge in [-0.15, -0.1) is 22.7 Å². The van der Waals surface area contributed by atoms with Gasteiger partial charge in [0.25, 0.3) is 11.8 Å². The van der Waals surface area contributed by atoms with E-state index < -0.39 is 0 Å². The summed E-state index contributed by atoms with van der Waals surface area (Å²) >= 11 is 2.89. The average Bonchev–Trinajstić information content (AvgIpc) is 3.42. The highest BCUT2D eigenvalue weighted by atomic mass is 32.1. The van der Waals surface area contributed by atoms with Crippen molar-refractivity contribution in [1.29, 1.82) is 0 Å². The van der Waals surface area contributed by atoms with E-state index in [0.29, 0.717) is 16.4 Å². The second kappa shape index (κ2) is 7.49. The van der Waals surface area contributed by atoms with E-state index in [1.807, 2.05) is 27.0 Å². The molecule has 2 amide bonds. The lowest BCUT2D eigenvalue weighted by Crippen LogP contribution is -2.26. The van der Waals surface area contributed by atoms with Gasteiger partial charge in [-0.25, -0.2) is 4.98 Å². The minimum atomic E-state index is -0.339. The minimum absolute atomic E-state index is 0.0905. The summed E-state index contributed by atoms with van der Waals surface area (Å²) in [4.78, 5) is 34.2. The maximum Gasteiger partial charge on any atom is 0.291 e. The number of amides is 2. The number of fused-ring (bicyclic) bond motifs is 1. The normalized spacial score (nSPS) is 11.2. The van der Waals surface area contributed by atoms with Gasteiger partial charge in [0, 0.05) is 18.1 Å². The highest BCUT2D eigenvalue weighted by Crippen LogP contribution is 2.29. The Labute approximate surface area is 175 Å². The number of aromatic nitrogens is 2. The van der Waals surface area contributed by atoms with Gasteiger partial charge in [-0.2, -0.15) is 0 Å². The van der Waals surface area contributed by atoms with Crippen molar-refractivity contribution in [3.05, 3.63) is 63.1 Å². The number of furan rings is 1. The zero-order valence-electron chi connectivity index (χ0n) is 16.5. The molecule has 4 aromatic heterocycles. The Bertz CT molecular complexity index is 1200. The molecule has 0 radical (unpaired) electrons. The van der Waals surface area contributed by atoms with E-state index in [9.17, 15) is 9.59 Å². The molecule has 0 aliphatic heterocycles. The third-order valence-electron chi connectivity index (χ3n) is 4.57. The summed E-state index contributed by atoms with van der Waals surface area (Å²) in [7, 11) is 1.78. The van der Waals surface area contributed by atoms with Gasteiger partial charge < -0.3 is 14.6 Å². The van der Waals surface area contributed by atoms with E-state index in [-0.39, 0.29) is 17.6 Å². The van der Waals surface area contributed by atoms with Gasteiger partial charge in [-0.3, -0.25) is 14.0 Å². The first kappa shape index (κ1) is 19.4. The molecule has 4 aromatic rings. The van der Waals surface area contributed by atoms with Crippen LogP contribution >= 0.6 is 22.7 Å². The van der Waals surface area contributed by atoms with Crippen LogP contribution in [0.25, 0.3) is 4.96 Å². The highest BCUT2D eigenvalue weighted by molar-refractivity contribution is 7.18. The van der Waals surface area contributed by atoms with E-state index in [1.54, 1.807) is 41.5 Å². The zero-order chi connectivity index (χ0) is 20.7. The number of hydrogen-bond acceptors (Lipinski definition) is 6. The molecule has 0 spiro atoms. The van der Waals surface area contributed by atoms with Crippen molar-refractivity contribution in [2.45, 2.75) is 27.3 Å². The number of nitrogens with one attached hydrogen (secondary N) is 1.